The van der Waals surface area contributed by atoms with Crippen molar-refractivity contribution >= 4 is 23.3 Å². The second kappa shape index (κ2) is 8.95. The molecule has 3 heterocycles. The van der Waals surface area contributed by atoms with Crippen molar-refractivity contribution in [1.29, 1.82) is 0 Å². The monoisotopic (exact) mass is 429 g/mol. The molecule has 164 valence electrons. The summed E-state index contributed by atoms with van der Waals surface area (Å²) in [6, 6.07) is 3.31. The van der Waals surface area contributed by atoms with Crippen molar-refractivity contribution in [1.82, 2.24) is 14.9 Å². The molecule has 0 aliphatic carbocycles. The predicted octanol–water partition coefficient (Wildman–Crippen LogP) is 4.56. The number of nitro groups is 1. The molecule has 7 nitrogen and oxygen atoms in total. The molecule has 0 spiro atoms. The summed E-state index contributed by atoms with van der Waals surface area (Å²) in [6.07, 6.45) is 6.46. The van der Waals surface area contributed by atoms with Crippen molar-refractivity contribution in [3.8, 4) is 0 Å². The van der Waals surface area contributed by atoms with E-state index in [2.05, 4.69) is 9.97 Å². The van der Waals surface area contributed by atoms with E-state index < -0.39 is 16.6 Å². The summed E-state index contributed by atoms with van der Waals surface area (Å²) in [5, 5.41) is 12.1. The fraction of sp³-hybridized carbons (Fsp3) is 0.455. The Morgan fingerprint density at radius 1 is 1.00 bits per heavy atom. The van der Waals surface area contributed by atoms with E-state index in [0.29, 0.717) is 49.1 Å². The fourth-order valence-electron chi connectivity index (χ4n) is 4.32. The van der Waals surface area contributed by atoms with Crippen LogP contribution in [0.1, 0.15) is 49.2 Å². The minimum Gasteiger partial charge on any atom is -0.371 e. The molecule has 2 aliphatic heterocycles. The quantitative estimate of drug-likeness (QED) is 0.513. The van der Waals surface area contributed by atoms with Gasteiger partial charge < -0.3 is 9.80 Å². The summed E-state index contributed by atoms with van der Waals surface area (Å²) in [4.78, 5) is 24.3. The van der Waals surface area contributed by atoms with Gasteiger partial charge in [0.05, 0.1) is 4.92 Å². The van der Waals surface area contributed by atoms with Crippen LogP contribution in [0.25, 0.3) is 11.8 Å². The van der Waals surface area contributed by atoms with Gasteiger partial charge in [-0.25, -0.2) is 18.7 Å². The number of nitrogens with zero attached hydrogens (tertiary/aromatic N) is 5. The summed E-state index contributed by atoms with van der Waals surface area (Å²) < 4.78 is 27.9. The van der Waals surface area contributed by atoms with E-state index in [-0.39, 0.29) is 11.4 Å². The Labute approximate surface area is 179 Å². The highest BCUT2D eigenvalue weighted by Gasteiger charge is 2.29. The number of anilines is 1. The molecule has 0 amide bonds. The number of hydrogen-bond acceptors (Lipinski definition) is 6. The number of aryl methyl sites for hydroxylation is 1. The molecule has 0 N–H and O–H groups in total. The van der Waals surface area contributed by atoms with Crippen LogP contribution in [0.2, 0.25) is 0 Å². The van der Waals surface area contributed by atoms with Gasteiger partial charge in [0.25, 0.3) is 0 Å². The first-order valence-corrected chi connectivity index (χ1v) is 10.6. The first-order chi connectivity index (χ1) is 14.9. The molecule has 0 saturated carbocycles. The summed E-state index contributed by atoms with van der Waals surface area (Å²) in [5.41, 5.74) is 0.858. The molecular formula is C22H25F2N5O2. The van der Waals surface area contributed by atoms with E-state index >= 15 is 0 Å². The molecule has 0 unspecified atom stereocenters. The van der Waals surface area contributed by atoms with E-state index in [1.807, 2.05) is 9.80 Å². The number of rotatable bonds is 5. The Kier molecular flexibility index (Phi) is 6.11. The van der Waals surface area contributed by atoms with Crippen LogP contribution in [0.15, 0.2) is 18.2 Å². The van der Waals surface area contributed by atoms with Gasteiger partial charge in [-0.1, -0.05) is 0 Å². The Balaban J connectivity index is 1.88. The average molecular weight is 429 g/mol. The van der Waals surface area contributed by atoms with Crippen LogP contribution in [0.5, 0.6) is 0 Å². The van der Waals surface area contributed by atoms with E-state index in [1.54, 1.807) is 13.0 Å². The maximum Gasteiger partial charge on any atom is 0.337 e. The molecule has 0 radical (unpaired) electrons. The number of benzene rings is 1. The lowest BCUT2D eigenvalue weighted by Crippen LogP contribution is -2.31. The van der Waals surface area contributed by atoms with Gasteiger partial charge in [0.2, 0.25) is 5.82 Å². The first-order valence-electron chi connectivity index (χ1n) is 10.6. The van der Waals surface area contributed by atoms with E-state index in [1.165, 1.54) is 12.1 Å². The first kappa shape index (κ1) is 21.1. The van der Waals surface area contributed by atoms with Crippen LogP contribution in [0, 0.1) is 28.7 Å². The molecule has 0 atom stereocenters. The lowest BCUT2D eigenvalue weighted by molar-refractivity contribution is -0.384. The van der Waals surface area contributed by atoms with Gasteiger partial charge >= 0.3 is 5.69 Å². The Morgan fingerprint density at radius 3 is 2.23 bits per heavy atom. The zero-order valence-electron chi connectivity index (χ0n) is 17.5. The molecule has 2 aromatic rings. The number of likely N-dealkylation sites (tertiary alicyclic amines) is 1. The maximum atomic E-state index is 14.0. The molecule has 31 heavy (non-hydrogen) atoms. The third-order valence-corrected chi connectivity index (χ3v) is 5.72. The van der Waals surface area contributed by atoms with Crippen molar-refractivity contribution in [2.75, 3.05) is 31.1 Å². The van der Waals surface area contributed by atoms with Crippen molar-refractivity contribution in [3.05, 3.63) is 57.0 Å². The van der Waals surface area contributed by atoms with Crippen molar-refractivity contribution in [3.63, 3.8) is 0 Å². The van der Waals surface area contributed by atoms with Crippen LogP contribution in [0.3, 0.4) is 0 Å². The average Bonchev–Trinajstić information content (AvgIpc) is 3.25. The highest BCUT2D eigenvalue weighted by atomic mass is 19.1. The van der Waals surface area contributed by atoms with E-state index in [0.717, 1.165) is 38.2 Å². The van der Waals surface area contributed by atoms with Crippen LogP contribution in [-0.4, -0.2) is 46.0 Å². The molecule has 1 aromatic heterocycles. The number of halogens is 2. The van der Waals surface area contributed by atoms with E-state index in [9.17, 15) is 18.9 Å². The van der Waals surface area contributed by atoms with Gasteiger partial charge in [-0.15, -0.1) is 0 Å². The molecule has 2 fully saturated rings. The molecule has 2 aliphatic rings. The normalized spacial score (nSPS) is 17.3. The lowest BCUT2D eigenvalue weighted by Gasteiger charge is -2.28. The SMILES string of the molecule is Cc1nc(/C=C(/c2cc(F)cc(F)c2)N2CCCC2)c([N+](=O)[O-])c(N2CCCCC2)n1. The van der Waals surface area contributed by atoms with E-state index in [4.69, 9.17) is 0 Å². The Morgan fingerprint density at radius 2 is 1.61 bits per heavy atom. The van der Waals surface area contributed by atoms with Crippen molar-refractivity contribution in [2.24, 2.45) is 0 Å². The molecule has 2 saturated heterocycles. The van der Waals surface area contributed by atoms with Crippen LogP contribution >= 0.6 is 0 Å². The molecule has 1 aromatic carbocycles. The molecular weight excluding hydrogens is 404 g/mol. The summed E-state index contributed by atoms with van der Waals surface area (Å²) >= 11 is 0. The largest absolute Gasteiger partial charge is 0.371 e. The predicted molar refractivity (Wildman–Crippen MR) is 115 cm³/mol. The zero-order valence-corrected chi connectivity index (χ0v) is 17.5. The third-order valence-electron chi connectivity index (χ3n) is 5.72. The Bertz CT molecular complexity index is 995. The highest BCUT2D eigenvalue weighted by molar-refractivity contribution is 5.84. The zero-order chi connectivity index (χ0) is 22.0. The van der Waals surface area contributed by atoms with Gasteiger partial charge in [0, 0.05) is 43.5 Å². The molecule has 0 bridgehead atoms. The topological polar surface area (TPSA) is 75.4 Å². The summed E-state index contributed by atoms with van der Waals surface area (Å²) in [7, 11) is 0. The molecule has 4 rings (SSSR count). The standard InChI is InChI=1S/C22H25F2N5O2/c1-15-25-19(21(29(30)31)22(26-15)28-9-3-2-4-10-28)14-20(27-7-5-6-8-27)16-11-17(23)13-18(24)12-16/h11-14H,2-10H2,1H3/b20-14-. The van der Waals surface area contributed by atoms with Crippen molar-refractivity contribution < 1.29 is 13.7 Å². The van der Waals surface area contributed by atoms with Crippen LogP contribution in [0.4, 0.5) is 20.3 Å². The minimum absolute atomic E-state index is 0.157. The van der Waals surface area contributed by atoms with Crippen molar-refractivity contribution in [2.45, 2.75) is 39.0 Å². The van der Waals surface area contributed by atoms with Crippen LogP contribution in [-0.2, 0) is 0 Å². The van der Waals surface area contributed by atoms with Gasteiger partial charge in [-0.3, -0.25) is 10.1 Å². The molecule has 9 heteroatoms. The third kappa shape index (κ3) is 4.65. The fourth-order valence-corrected chi connectivity index (χ4v) is 4.32. The smallest absolute Gasteiger partial charge is 0.337 e. The van der Waals surface area contributed by atoms with Crippen LogP contribution < -0.4 is 4.90 Å². The summed E-state index contributed by atoms with van der Waals surface area (Å²) in [5.74, 6) is -0.650. The second-order valence-electron chi connectivity index (χ2n) is 8.01. The van der Waals surface area contributed by atoms with Gasteiger partial charge in [0.15, 0.2) is 0 Å². The Hall–Kier alpha value is -3.10. The maximum absolute atomic E-state index is 14.0. The van der Waals surface area contributed by atoms with Gasteiger partial charge in [-0.05, 0) is 57.2 Å². The lowest BCUT2D eigenvalue weighted by atomic mass is 10.1. The van der Waals surface area contributed by atoms with Gasteiger partial charge in [0.1, 0.15) is 23.2 Å². The number of aromatic nitrogens is 2. The second-order valence-corrected chi connectivity index (χ2v) is 8.01. The minimum atomic E-state index is -0.692. The summed E-state index contributed by atoms with van der Waals surface area (Å²) in [6.45, 7) is 4.52. The number of piperidine rings is 1. The number of hydrogen-bond donors (Lipinski definition) is 0. The highest BCUT2D eigenvalue weighted by Crippen LogP contribution is 2.35. The van der Waals surface area contributed by atoms with Gasteiger partial charge in [-0.2, -0.15) is 0 Å².